The van der Waals surface area contributed by atoms with Crippen molar-refractivity contribution in [2.45, 2.75) is 6.42 Å². The van der Waals surface area contributed by atoms with Crippen LogP contribution in [0.5, 0.6) is 17.2 Å². The molecule has 2 aromatic rings. The van der Waals surface area contributed by atoms with Crippen LogP contribution in [0.3, 0.4) is 0 Å². The van der Waals surface area contributed by atoms with Crippen molar-refractivity contribution >= 4 is 5.71 Å². The minimum atomic E-state index is 0.294. The lowest BCUT2D eigenvalue weighted by Crippen LogP contribution is -2.14. The van der Waals surface area contributed by atoms with Crippen LogP contribution in [0.25, 0.3) is 0 Å². The molecular formula is C17H17NO3. The Morgan fingerprint density at radius 2 is 1.81 bits per heavy atom. The van der Waals surface area contributed by atoms with Gasteiger partial charge in [0.25, 0.3) is 0 Å². The van der Waals surface area contributed by atoms with Crippen molar-refractivity contribution in [3.05, 3.63) is 53.1 Å². The lowest BCUT2D eigenvalue weighted by molar-refractivity contribution is 0.355. The van der Waals surface area contributed by atoms with Crippen molar-refractivity contribution < 1.29 is 14.6 Å². The molecule has 0 saturated carbocycles. The molecule has 0 aliphatic carbocycles. The van der Waals surface area contributed by atoms with Crippen LogP contribution < -0.4 is 9.47 Å². The first-order valence-corrected chi connectivity index (χ1v) is 6.82. The van der Waals surface area contributed by atoms with Gasteiger partial charge in [-0.3, -0.25) is 4.99 Å². The molecule has 4 nitrogen and oxygen atoms in total. The zero-order valence-electron chi connectivity index (χ0n) is 12.1. The van der Waals surface area contributed by atoms with Gasteiger partial charge in [-0.15, -0.1) is 0 Å². The molecule has 3 rings (SSSR count). The number of fused-ring (bicyclic) bond motifs is 1. The average Bonchev–Trinajstić information content (AvgIpc) is 2.53. The Bertz CT molecular complexity index is 707. The molecule has 2 aromatic carbocycles. The van der Waals surface area contributed by atoms with E-state index in [0.717, 1.165) is 35.4 Å². The third kappa shape index (κ3) is 2.44. The lowest BCUT2D eigenvalue weighted by atomic mass is 9.93. The van der Waals surface area contributed by atoms with Crippen molar-refractivity contribution in [2.24, 2.45) is 4.99 Å². The zero-order chi connectivity index (χ0) is 14.8. The lowest BCUT2D eigenvalue weighted by Gasteiger charge is -2.18. The smallest absolute Gasteiger partial charge is 0.161 e. The topological polar surface area (TPSA) is 51.0 Å². The first kappa shape index (κ1) is 13.5. The summed E-state index contributed by atoms with van der Waals surface area (Å²) in [5, 5.41) is 9.62. The van der Waals surface area contributed by atoms with Crippen LogP contribution in [0.1, 0.15) is 16.7 Å². The summed E-state index contributed by atoms with van der Waals surface area (Å²) in [6, 6.07) is 11.2. The second kappa shape index (κ2) is 5.48. The fraction of sp³-hybridized carbons (Fsp3) is 0.235. The second-order valence-corrected chi connectivity index (χ2v) is 4.89. The normalized spacial score (nSPS) is 13.3. The number of phenolic OH excluding ortho intramolecular Hbond substituents is 1. The van der Waals surface area contributed by atoms with Crippen molar-refractivity contribution in [3.63, 3.8) is 0 Å². The standard InChI is InChI=1S/C17H17NO3/c1-20-15-6-3-12(10-16(15)21-2)17-14-5-4-13(19)9-11(14)7-8-18-17/h3-6,9-10,19H,7-8H2,1-2H3. The highest BCUT2D eigenvalue weighted by molar-refractivity contribution is 6.14. The maximum absolute atomic E-state index is 9.62. The van der Waals surface area contributed by atoms with Crippen LogP contribution in [-0.4, -0.2) is 31.6 Å². The summed E-state index contributed by atoms with van der Waals surface area (Å²) in [4.78, 5) is 4.64. The number of hydrogen-bond donors (Lipinski definition) is 1. The molecule has 0 aromatic heterocycles. The predicted molar refractivity (Wildman–Crippen MR) is 81.9 cm³/mol. The minimum Gasteiger partial charge on any atom is -0.508 e. The van der Waals surface area contributed by atoms with Gasteiger partial charge in [-0.05, 0) is 48.4 Å². The van der Waals surface area contributed by atoms with Crippen LogP contribution in [0.2, 0.25) is 0 Å². The third-order valence-corrected chi connectivity index (χ3v) is 3.65. The highest BCUT2D eigenvalue weighted by Gasteiger charge is 2.17. The molecule has 0 spiro atoms. The van der Waals surface area contributed by atoms with E-state index in [0.29, 0.717) is 17.2 Å². The number of rotatable bonds is 3. The van der Waals surface area contributed by atoms with Gasteiger partial charge in [0, 0.05) is 17.7 Å². The van der Waals surface area contributed by atoms with Gasteiger partial charge in [0.15, 0.2) is 11.5 Å². The summed E-state index contributed by atoms with van der Waals surface area (Å²) in [6.45, 7) is 0.722. The largest absolute Gasteiger partial charge is 0.508 e. The molecule has 1 aliphatic rings. The van der Waals surface area contributed by atoms with Crippen LogP contribution in [0.15, 0.2) is 41.4 Å². The van der Waals surface area contributed by atoms with Crippen LogP contribution in [0.4, 0.5) is 0 Å². The van der Waals surface area contributed by atoms with Crippen molar-refractivity contribution in [1.82, 2.24) is 0 Å². The highest BCUT2D eigenvalue weighted by Crippen LogP contribution is 2.30. The van der Waals surface area contributed by atoms with E-state index in [9.17, 15) is 5.11 Å². The van der Waals surface area contributed by atoms with Gasteiger partial charge in [0.1, 0.15) is 5.75 Å². The van der Waals surface area contributed by atoms with Gasteiger partial charge in [-0.1, -0.05) is 0 Å². The van der Waals surface area contributed by atoms with E-state index in [4.69, 9.17) is 9.47 Å². The molecule has 108 valence electrons. The van der Waals surface area contributed by atoms with Crippen LogP contribution in [0, 0.1) is 0 Å². The first-order chi connectivity index (χ1) is 10.2. The van der Waals surface area contributed by atoms with E-state index in [2.05, 4.69) is 4.99 Å². The Labute approximate surface area is 123 Å². The number of nitrogens with zero attached hydrogens (tertiary/aromatic N) is 1. The Balaban J connectivity index is 2.07. The molecule has 0 bridgehead atoms. The molecule has 1 aliphatic heterocycles. The molecule has 0 amide bonds. The molecule has 0 unspecified atom stereocenters. The monoisotopic (exact) mass is 283 g/mol. The summed E-state index contributed by atoms with van der Waals surface area (Å²) in [7, 11) is 3.24. The quantitative estimate of drug-likeness (QED) is 0.942. The number of phenols is 1. The summed E-state index contributed by atoms with van der Waals surface area (Å²) >= 11 is 0. The molecule has 1 N–H and O–H groups in total. The fourth-order valence-corrected chi connectivity index (χ4v) is 2.62. The average molecular weight is 283 g/mol. The fourth-order valence-electron chi connectivity index (χ4n) is 2.62. The molecular weight excluding hydrogens is 266 g/mol. The van der Waals surface area contributed by atoms with E-state index in [1.165, 1.54) is 0 Å². The van der Waals surface area contributed by atoms with Crippen molar-refractivity contribution in [2.75, 3.05) is 20.8 Å². The summed E-state index contributed by atoms with van der Waals surface area (Å²) < 4.78 is 10.6. The molecule has 0 fully saturated rings. The predicted octanol–water partition coefficient (Wildman–Crippen LogP) is 2.80. The maximum Gasteiger partial charge on any atom is 0.161 e. The summed E-state index contributed by atoms with van der Waals surface area (Å²) in [5.41, 5.74) is 4.09. The first-order valence-electron chi connectivity index (χ1n) is 6.82. The molecule has 4 heteroatoms. The van der Waals surface area contributed by atoms with E-state index < -0.39 is 0 Å². The van der Waals surface area contributed by atoms with Gasteiger partial charge in [-0.25, -0.2) is 0 Å². The Morgan fingerprint density at radius 1 is 1.00 bits per heavy atom. The van der Waals surface area contributed by atoms with E-state index in [-0.39, 0.29) is 0 Å². The second-order valence-electron chi connectivity index (χ2n) is 4.89. The molecule has 0 saturated heterocycles. The Kier molecular flexibility index (Phi) is 3.52. The van der Waals surface area contributed by atoms with Gasteiger partial charge in [0.05, 0.1) is 19.9 Å². The third-order valence-electron chi connectivity index (χ3n) is 3.65. The molecule has 21 heavy (non-hydrogen) atoms. The zero-order valence-corrected chi connectivity index (χ0v) is 12.1. The van der Waals surface area contributed by atoms with Crippen molar-refractivity contribution in [3.8, 4) is 17.2 Å². The highest BCUT2D eigenvalue weighted by atomic mass is 16.5. The molecule has 0 radical (unpaired) electrons. The van der Waals surface area contributed by atoms with Gasteiger partial charge in [-0.2, -0.15) is 0 Å². The Hall–Kier alpha value is -2.49. The number of aromatic hydroxyl groups is 1. The molecule has 1 heterocycles. The van der Waals surface area contributed by atoms with Crippen LogP contribution >= 0.6 is 0 Å². The number of benzene rings is 2. The van der Waals surface area contributed by atoms with E-state index in [1.807, 2.05) is 30.3 Å². The summed E-state index contributed by atoms with van der Waals surface area (Å²) in [6.07, 6.45) is 0.848. The number of ether oxygens (including phenoxy) is 2. The number of aliphatic imine (C=N–C) groups is 1. The van der Waals surface area contributed by atoms with Gasteiger partial charge in [0.2, 0.25) is 0 Å². The van der Waals surface area contributed by atoms with Crippen molar-refractivity contribution in [1.29, 1.82) is 0 Å². The number of hydrogen-bond acceptors (Lipinski definition) is 4. The minimum absolute atomic E-state index is 0.294. The van der Waals surface area contributed by atoms with E-state index >= 15 is 0 Å². The number of methoxy groups -OCH3 is 2. The van der Waals surface area contributed by atoms with Crippen LogP contribution in [-0.2, 0) is 6.42 Å². The SMILES string of the molecule is COc1ccc(C2=NCCc3cc(O)ccc32)cc1OC. The van der Waals surface area contributed by atoms with Gasteiger partial charge >= 0.3 is 0 Å². The van der Waals surface area contributed by atoms with Gasteiger partial charge < -0.3 is 14.6 Å². The molecule has 0 atom stereocenters. The van der Waals surface area contributed by atoms with E-state index in [1.54, 1.807) is 20.3 Å². The summed E-state index contributed by atoms with van der Waals surface area (Å²) in [5.74, 6) is 1.68. The maximum atomic E-state index is 9.62. The Morgan fingerprint density at radius 3 is 2.57 bits per heavy atom.